The molecule has 0 atom stereocenters. The topological polar surface area (TPSA) is 68.3 Å². The number of carbonyl (C=O) groups excluding carboxylic acids is 2. The summed E-state index contributed by atoms with van der Waals surface area (Å²) in [6, 6.07) is 23.5. The van der Waals surface area contributed by atoms with Crippen molar-refractivity contribution in [3.05, 3.63) is 93.9 Å². The number of rotatable bonds is 5. The summed E-state index contributed by atoms with van der Waals surface area (Å²) in [5.41, 5.74) is 2.96. The van der Waals surface area contributed by atoms with Crippen LogP contribution in [-0.4, -0.2) is 23.5 Å². The van der Waals surface area contributed by atoms with Crippen molar-refractivity contribution < 1.29 is 14.3 Å². The van der Waals surface area contributed by atoms with Crippen molar-refractivity contribution in [3.8, 4) is 11.3 Å². The van der Waals surface area contributed by atoms with Gasteiger partial charge in [-0.15, -0.1) is 0 Å². The van der Waals surface area contributed by atoms with Gasteiger partial charge in [0.1, 0.15) is 0 Å². The lowest BCUT2D eigenvalue weighted by Gasteiger charge is -2.11. The number of hydrogen-bond acceptors (Lipinski definition) is 4. The van der Waals surface area contributed by atoms with Gasteiger partial charge in [-0.05, 0) is 36.4 Å². The van der Waals surface area contributed by atoms with Crippen LogP contribution in [0.3, 0.4) is 0 Å². The van der Waals surface area contributed by atoms with Gasteiger partial charge in [0.15, 0.2) is 6.61 Å². The minimum atomic E-state index is -0.605. The minimum Gasteiger partial charge on any atom is -0.452 e. The molecule has 3 aromatic carbocycles. The zero-order valence-corrected chi connectivity index (χ0v) is 18.5. The molecule has 0 aliphatic heterocycles. The lowest BCUT2D eigenvalue weighted by Crippen LogP contribution is -2.21. The number of aromatic nitrogens is 1. The molecule has 1 heterocycles. The first-order chi connectivity index (χ1) is 15.0. The van der Waals surface area contributed by atoms with Crippen LogP contribution < -0.4 is 5.32 Å². The van der Waals surface area contributed by atoms with E-state index in [0.717, 1.165) is 10.0 Å². The highest BCUT2D eigenvalue weighted by molar-refractivity contribution is 9.10. The SMILES string of the molecule is O=C(COC(=O)c1cc(-c2ccc(Br)cc2)nc2ccccc12)Nc1ccccc1Cl. The molecule has 0 aliphatic carbocycles. The fourth-order valence-electron chi connectivity index (χ4n) is 3.07. The molecular weight excluding hydrogens is 480 g/mol. The second kappa shape index (κ2) is 9.29. The molecule has 4 rings (SSSR count). The second-order valence-electron chi connectivity index (χ2n) is 6.68. The summed E-state index contributed by atoms with van der Waals surface area (Å²) in [7, 11) is 0. The van der Waals surface area contributed by atoms with Crippen LogP contribution in [0.5, 0.6) is 0 Å². The average Bonchev–Trinajstić information content (AvgIpc) is 2.79. The van der Waals surface area contributed by atoms with Crippen molar-refractivity contribution in [2.75, 3.05) is 11.9 Å². The molecule has 0 radical (unpaired) electrons. The summed E-state index contributed by atoms with van der Waals surface area (Å²) in [6.45, 7) is -0.436. The zero-order chi connectivity index (χ0) is 21.8. The number of benzene rings is 3. The highest BCUT2D eigenvalue weighted by atomic mass is 79.9. The van der Waals surface area contributed by atoms with Crippen molar-refractivity contribution in [3.63, 3.8) is 0 Å². The number of carbonyl (C=O) groups is 2. The highest BCUT2D eigenvalue weighted by Crippen LogP contribution is 2.26. The number of nitrogens with one attached hydrogen (secondary N) is 1. The summed E-state index contributed by atoms with van der Waals surface area (Å²) in [4.78, 5) is 29.7. The van der Waals surface area contributed by atoms with Gasteiger partial charge in [0, 0.05) is 15.4 Å². The number of para-hydroxylation sites is 2. The molecule has 1 amide bonds. The standard InChI is InChI=1S/C24H16BrClN2O3/c25-16-11-9-15(10-12-16)22-13-18(17-5-1-3-7-20(17)27-22)24(30)31-14-23(29)28-21-8-4-2-6-19(21)26/h1-13H,14H2,(H,28,29). The van der Waals surface area contributed by atoms with E-state index in [1.54, 1.807) is 36.4 Å². The largest absolute Gasteiger partial charge is 0.452 e. The number of halogens is 2. The number of ether oxygens (including phenoxy) is 1. The van der Waals surface area contributed by atoms with Crippen LogP contribution in [0, 0.1) is 0 Å². The predicted octanol–water partition coefficient (Wildman–Crippen LogP) is 6.11. The Morgan fingerprint density at radius 3 is 2.45 bits per heavy atom. The summed E-state index contributed by atoms with van der Waals surface area (Å²) in [5, 5.41) is 3.69. The van der Waals surface area contributed by atoms with E-state index in [1.165, 1.54) is 0 Å². The lowest BCUT2D eigenvalue weighted by molar-refractivity contribution is -0.119. The van der Waals surface area contributed by atoms with Crippen LogP contribution in [0.2, 0.25) is 5.02 Å². The third-order valence-electron chi connectivity index (χ3n) is 4.56. The molecule has 154 valence electrons. The van der Waals surface area contributed by atoms with Gasteiger partial charge < -0.3 is 10.1 Å². The third kappa shape index (κ3) is 4.93. The average molecular weight is 496 g/mol. The molecular formula is C24H16BrClN2O3. The molecule has 31 heavy (non-hydrogen) atoms. The fourth-order valence-corrected chi connectivity index (χ4v) is 3.52. The first kappa shape index (κ1) is 21.0. The maximum Gasteiger partial charge on any atom is 0.339 e. The number of fused-ring (bicyclic) bond motifs is 1. The van der Waals surface area contributed by atoms with Crippen molar-refractivity contribution in [1.82, 2.24) is 4.98 Å². The lowest BCUT2D eigenvalue weighted by atomic mass is 10.0. The number of hydrogen-bond donors (Lipinski definition) is 1. The summed E-state index contributed by atoms with van der Waals surface area (Å²) < 4.78 is 6.24. The van der Waals surface area contributed by atoms with Crippen LogP contribution in [0.25, 0.3) is 22.2 Å². The Morgan fingerprint density at radius 1 is 0.968 bits per heavy atom. The predicted molar refractivity (Wildman–Crippen MR) is 125 cm³/mol. The Morgan fingerprint density at radius 2 is 1.68 bits per heavy atom. The van der Waals surface area contributed by atoms with Gasteiger partial charge in [-0.1, -0.05) is 70.0 Å². The summed E-state index contributed by atoms with van der Waals surface area (Å²) in [5.74, 6) is -1.08. The Labute approximate surface area is 192 Å². The van der Waals surface area contributed by atoms with Gasteiger partial charge >= 0.3 is 5.97 Å². The van der Waals surface area contributed by atoms with Crippen LogP contribution in [0.4, 0.5) is 5.69 Å². The maximum atomic E-state index is 12.9. The molecule has 0 bridgehead atoms. The second-order valence-corrected chi connectivity index (χ2v) is 8.01. The third-order valence-corrected chi connectivity index (χ3v) is 5.42. The normalized spacial score (nSPS) is 10.6. The van der Waals surface area contributed by atoms with Crippen LogP contribution >= 0.6 is 27.5 Å². The molecule has 0 aliphatic rings. The molecule has 0 saturated heterocycles. The van der Waals surface area contributed by atoms with E-state index >= 15 is 0 Å². The Kier molecular flexibility index (Phi) is 6.30. The monoisotopic (exact) mass is 494 g/mol. The number of nitrogens with zero attached hydrogens (tertiary/aromatic N) is 1. The van der Waals surface area contributed by atoms with E-state index in [-0.39, 0.29) is 0 Å². The smallest absolute Gasteiger partial charge is 0.339 e. The molecule has 0 unspecified atom stereocenters. The Bertz CT molecular complexity index is 1280. The Balaban J connectivity index is 1.57. The van der Waals surface area contributed by atoms with Crippen LogP contribution in [0.15, 0.2) is 83.3 Å². The first-order valence-corrected chi connectivity index (χ1v) is 10.6. The summed E-state index contributed by atoms with van der Waals surface area (Å²) >= 11 is 9.46. The van der Waals surface area contributed by atoms with Crippen LogP contribution in [0.1, 0.15) is 10.4 Å². The van der Waals surface area contributed by atoms with Gasteiger partial charge in [-0.25, -0.2) is 9.78 Å². The van der Waals surface area contributed by atoms with Crippen molar-refractivity contribution in [1.29, 1.82) is 0 Å². The van der Waals surface area contributed by atoms with E-state index in [1.807, 2.05) is 42.5 Å². The molecule has 0 spiro atoms. The fraction of sp³-hybridized carbons (Fsp3) is 0.0417. The van der Waals surface area contributed by atoms with E-state index in [4.69, 9.17) is 16.3 Å². The quantitative estimate of drug-likeness (QED) is 0.339. The van der Waals surface area contributed by atoms with E-state index in [9.17, 15) is 9.59 Å². The molecule has 7 heteroatoms. The van der Waals surface area contributed by atoms with E-state index < -0.39 is 18.5 Å². The first-order valence-electron chi connectivity index (χ1n) is 9.38. The van der Waals surface area contributed by atoms with Gasteiger partial charge in [-0.3, -0.25) is 4.79 Å². The number of anilines is 1. The van der Waals surface area contributed by atoms with Gasteiger partial charge in [-0.2, -0.15) is 0 Å². The van der Waals surface area contributed by atoms with Crippen molar-refractivity contribution >= 4 is 56.0 Å². The molecule has 1 N–H and O–H groups in total. The molecule has 4 aromatic rings. The van der Waals surface area contributed by atoms with Gasteiger partial charge in [0.25, 0.3) is 5.91 Å². The van der Waals surface area contributed by atoms with E-state index in [0.29, 0.717) is 32.9 Å². The minimum absolute atomic E-state index is 0.342. The van der Waals surface area contributed by atoms with Crippen LogP contribution in [-0.2, 0) is 9.53 Å². The van der Waals surface area contributed by atoms with Gasteiger partial charge in [0.2, 0.25) is 0 Å². The zero-order valence-electron chi connectivity index (χ0n) is 16.1. The summed E-state index contributed by atoms with van der Waals surface area (Å²) in [6.07, 6.45) is 0. The molecule has 0 saturated carbocycles. The van der Waals surface area contributed by atoms with Crippen molar-refractivity contribution in [2.24, 2.45) is 0 Å². The number of amides is 1. The Hall–Kier alpha value is -3.22. The van der Waals surface area contributed by atoms with Gasteiger partial charge in [0.05, 0.1) is 27.5 Å². The molecule has 5 nitrogen and oxygen atoms in total. The highest BCUT2D eigenvalue weighted by Gasteiger charge is 2.17. The van der Waals surface area contributed by atoms with E-state index in [2.05, 4.69) is 26.2 Å². The maximum absolute atomic E-state index is 12.9. The number of pyridine rings is 1. The number of esters is 1. The molecule has 0 fully saturated rings. The van der Waals surface area contributed by atoms with Crippen molar-refractivity contribution in [2.45, 2.75) is 0 Å². The molecule has 1 aromatic heterocycles.